The van der Waals surface area contributed by atoms with Gasteiger partial charge in [-0.1, -0.05) is 6.07 Å². The van der Waals surface area contributed by atoms with Crippen molar-refractivity contribution in [3.63, 3.8) is 0 Å². The number of hydrogen-bond acceptors (Lipinski definition) is 3. The minimum atomic E-state index is 0.764. The monoisotopic (exact) mass is 250 g/mol. The lowest BCUT2D eigenvalue weighted by Crippen LogP contribution is -2.46. The SMILES string of the molecule is c1csc(CCN2CCCC(NC3CC3)C2)c1. The van der Waals surface area contributed by atoms with Crippen LogP contribution in [-0.4, -0.2) is 36.6 Å². The van der Waals surface area contributed by atoms with E-state index in [2.05, 4.69) is 27.7 Å². The zero-order chi connectivity index (χ0) is 11.5. The molecule has 2 nitrogen and oxygen atoms in total. The van der Waals surface area contributed by atoms with Crippen LogP contribution in [0.3, 0.4) is 0 Å². The maximum atomic E-state index is 3.78. The lowest BCUT2D eigenvalue weighted by atomic mass is 10.1. The highest BCUT2D eigenvalue weighted by atomic mass is 32.1. The third-order valence-corrected chi connectivity index (χ3v) is 4.74. The lowest BCUT2D eigenvalue weighted by molar-refractivity contribution is 0.192. The summed E-state index contributed by atoms with van der Waals surface area (Å²) in [5.74, 6) is 0. The van der Waals surface area contributed by atoms with Crippen LogP contribution in [0.5, 0.6) is 0 Å². The second kappa shape index (κ2) is 5.51. The van der Waals surface area contributed by atoms with Crippen LogP contribution < -0.4 is 5.32 Å². The predicted octanol–water partition coefficient (Wildman–Crippen LogP) is 2.51. The van der Waals surface area contributed by atoms with Crippen molar-refractivity contribution in [3.05, 3.63) is 22.4 Å². The molecule has 2 fully saturated rings. The van der Waals surface area contributed by atoms with Gasteiger partial charge in [-0.2, -0.15) is 0 Å². The Kier molecular flexibility index (Phi) is 3.79. The van der Waals surface area contributed by atoms with E-state index in [0.717, 1.165) is 12.1 Å². The van der Waals surface area contributed by atoms with Crippen molar-refractivity contribution in [2.75, 3.05) is 19.6 Å². The third kappa shape index (κ3) is 3.54. The smallest absolute Gasteiger partial charge is 0.0198 e. The minimum absolute atomic E-state index is 0.764. The molecule has 1 N–H and O–H groups in total. The Bertz CT molecular complexity index is 332. The largest absolute Gasteiger partial charge is 0.310 e. The van der Waals surface area contributed by atoms with Gasteiger partial charge >= 0.3 is 0 Å². The van der Waals surface area contributed by atoms with Gasteiger partial charge in [0.05, 0.1) is 0 Å². The summed E-state index contributed by atoms with van der Waals surface area (Å²) in [6, 6.07) is 6.04. The van der Waals surface area contributed by atoms with E-state index in [1.54, 1.807) is 0 Å². The van der Waals surface area contributed by atoms with Gasteiger partial charge in [-0.05, 0) is 50.1 Å². The van der Waals surface area contributed by atoms with Gasteiger partial charge in [-0.15, -0.1) is 11.3 Å². The summed E-state index contributed by atoms with van der Waals surface area (Å²) in [5.41, 5.74) is 0. The van der Waals surface area contributed by atoms with Gasteiger partial charge in [0.2, 0.25) is 0 Å². The Labute approximate surface area is 108 Å². The Morgan fingerprint density at radius 2 is 2.24 bits per heavy atom. The van der Waals surface area contributed by atoms with E-state index in [1.165, 1.54) is 56.6 Å². The molecule has 1 saturated carbocycles. The van der Waals surface area contributed by atoms with E-state index >= 15 is 0 Å². The fraction of sp³-hybridized carbons (Fsp3) is 0.714. The molecule has 2 heterocycles. The average molecular weight is 250 g/mol. The highest BCUT2D eigenvalue weighted by Crippen LogP contribution is 2.22. The molecule has 2 aliphatic rings. The molecular weight excluding hydrogens is 228 g/mol. The first-order valence-corrected chi connectivity index (χ1v) is 7.79. The maximum Gasteiger partial charge on any atom is 0.0198 e. The van der Waals surface area contributed by atoms with Crippen LogP contribution in [0.15, 0.2) is 17.5 Å². The highest BCUT2D eigenvalue weighted by Gasteiger charge is 2.27. The fourth-order valence-electron chi connectivity index (χ4n) is 2.70. The first-order valence-electron chi connectivity index (χ1n) is 6.91. The predicted molar refractivity (Wildman–Crippen MR) is 73.6 cm³/mol. The molecule has 3 rings (SSSR count). The molecule has 1 unspecified atom stereocenters. The quantitative estimate of drug-likeness (QED) is 0.864. The van der Waals surface area contributed by atoms with E-state index in [1.807, 2.05) is 11.3 Å². The van der Waals surface area contributed by atoms with Crippen molar-refractivity contribution in [3.8, 4) is 0 Å². The molecule has 1 aliphatic carbocycles. The molecule has 94 valence electrons. The van der Waals surface area contributed by atoms with E-state index in [9.17, 15) is 0 Å². The van der Waals surface area contributed by atoms with Crippen LogP contribution in [0.4, 0.5) is 0 Å². The number of nitrogens with zero attached hydrogens (tertiary/aromatic N) is 1. The van der Waals surface area contributed by atoms with Crippen LogP contribution in [0.1, 0.15) is 30.6 Å². The highest BCUT2D eigenvalue weighted by molar-refractivity contribution is 7.09. The molecule has 0 amide bonds. The zero-order valence-electron chi connectivity index (χ0n) is 10.4. The fourth-order valence-corrected chi connectivity index (χ4v) is 3.40. The van der Waals surface area contributed by atoms with Crippen molar-refractivity contribution in [2.45, 2.75) is 44.2 Å². The average Bonchev–Trinajstić information content (AvgIpc) is 3.00. The summed E-state index contributed by atoms with van der Waals surface area (Å²) in [5, 5.41) is 5.96. The van der Waals surface area contributed by atoms with Gasteiger partial charge in [-0.3, -0.25) is 0 Å². The molecular formula is C14H22N2S. The summed E-state index contributed by atoms with van der Waals surface area (Å²) in [6.07, 6.45) is 6.80. The Morgan fingerprint density at radius 3 is 3.00 bits per heavy atom. The number of thiophene rings is 1. The van der Waals surface area contributed by atoms with Crippen LogP contribution in [-0.2, 0) is 6.42 Å². The molecule has 0 spiro atoms. The third-order valence-electron chi connectivity index (χ3n) is 3.81. The molecule has 1 atom stereocenters. The summed E-state index contributed by atoms with van der Waals surface area (Å²) in [7, 11) is 0. The normalized spacial score (nSPS) is 26.2. The van der Waals surface area contributed by atoms with Gasteiger partial charge in [0.15, 0.2) is 0 Å². The standard InChI is InChI=1S/C14H22N2S/c1-3-13(15-12-5-6-12)11-16(8-1)9-7-14-4-2-10-17-14/h2,4,10,12-13,15H,1,3,5-9,11H2. The molecule has 1 aromatic heterocycles. The second-order valence-electron chi connectivity index (χ2n) is 5.41. The summed E-state index contributed by atoms with van der Waals surface area (Å²) in [4.78, 5) is 4.17. The molecule has 1 saturated heterocycles. The number of nitrogens with one attached hydrogen (secondary N) is 1. The second-order valence-corrected chi connectivity index (χ2v) is 6.44. The van der Waals surface area contributed by atoms with Gasteiger partial charge in [0.25, 0.3) is 0 Å². The number of hydrogen-bond donors (Lipinski definition) is 1. The summed E-state index contributed by atoms with van der Waals surface area (Å²) >= 11 is 1.89. The van der Waals surface area contributed by atoms with Gasteiger partial charge in [0, 0.05) is 30.1 Å². The van der Waals surface area contributed by atoms with E-state index < -0.39 is 0 Å². The van der Waals surface area contributed by atoms with Crippen molar-refractivity contribution < 1.29 is 0 Å². The molecule has 1 aromatic rings. The van der Waals surface area contributed by atoms with E-state index in [-0.39, 0.29) is 0 Å². The van der Waals surface area contributed by atoms with Crippen LogP contribution in [0.25, 0.3) is 0 Å². The van der Waals surface area contributed by atoms with Crippen molar-refractivity contribution in [1.29, 1.82) is 0 Å². The van der Waals surface area contributed by atoms with Crippen molar-refractivity contribution >= 4 is 11.3 Å². The minimum Gasteiger partial charge on any atom is -0.310 e. The van der Waals surface area contributed by atoms with Crippen molar-refractivity contribution in [1.82, 2.24) is 10.2 Å². The van der Waals surface area contributed by atoms with E-state index in [4.69, 9.17) is 0 Å². The Hall–Kier alpha value is -0.380. The van der Waals surface area contributed by atoms with Crippen LogP contribution in [0.2, 0.25) is 0 Å². The van der Waals surface area contributed by atoms with Crippen LogP contribution >= 0.6 is 11.3 Å². The van der Waals surface area contributed by atoms with Gasteiger partial charge < -0.3 is 10.2 Å². The molecule has 3 heteroatoms. The molecule has 0 aromatic carbocycles. The van der Waals surface area contributed by atoms with Gasteiger partial charge in [-0.25, -0.2) is 0 Å². The number of rotatable bonds is 5. The van der Waals surface area contributed by atoms with E-state index in [0.29, 0.717) is 0 Å². The van der Waals surface area contributed by atoms with Gasteiger partial charge in [0.1, 0.15) is 0 Å². The maximum absolute atomic E-state index is 3.78. The zero-order valence-corrected chi connectivity index (χ0v) is 11.2. The lowest BCUT2D eigenvalue weighted by Gasteiger charge is -2.33. The molecule has 0 radical (unpaired) electrons. The number of likely N-dealkylation sites (tertiary alicyclic amines) is 1. The number of piperidine rings is 1. The summed E-state index contributed by atoms with van der Waals surface area (Å²) in [6.45, 7) is 3.81. The Balaban J connectivity index is 1.43. The Morgan fingerprint density at radius 1 is 1.29 bits per heavy atom. The van der Waals surface area contributed by atoms with Crippen molar-refractivity contribution in [2.24, 2.45) is 0 Å². The first-order chi connectivity index (χ1) is 8.40. The topological polar surface area (TPSA) is 15.3 Å². The van der Waals surface area contributed by atoms with Crippen LogP contribution in [0, 0.1) is 0 Å². The molecule has 1 aliphatic heterocycles. The summed E-state index contributed by atoms with van der Waals surface area (Å²) < 4.78 is 0. The molecule has 17 heavy (non-hydrogen) atoms. The molecule has 0 bridgehead atoms. The first kappa shape index (κ1) is 11.7.